The molecule has 0 unspecified atom stereocenters. The van der Waals surface area contributed by atoms with Crippen LogP contribution in [0.15, 0.2) is 24.3 Å². The summed E-state index contributed by atoms with van der Waals surface area (Å²) < 4.78 is 12.6. The summed E-state index contributed by atoms with van der Waals surface area (Å²) in [6.07, 6.45) is 0. The van der Waals surface area contributed by atoms with Gasteiger partial charge in [0.2, 0.25) is 0 Å². The van der Waals surface area contributed by atoms with E-state index in [1.165, 1.54) is 6.07 Å². The molecule has 0 amide bonds. The zero-order chi connectivity index (χ0) is 8.27. The van der Waals surface area contributed by atoms with Gasteiger partial charge in [0, 0.05) is 6.04 Å². The van der Waals surface area contributed by atoms with Gasteiger partial charge in [0.05, 0.1) is 0 Å². The summed E-state index contributed by atoms with van der Waals surface area (Å²) in [5, 5.41) is 3.04. The Hall–Kier alpha value is -0.600. The molecule has 12 heavy (non-hydrogen) atoms. The molecule has 0 aromatic heterocycles. The Bertz CT molecular complexity index is 240. The molecule has 1 rings (SSSR count). The van der Waals surface area contributed by atoms with Crippen LogP contribution in [0.4, 0.5) is 4.39 Å². The number of halogens is 2. The van der Waals surface area contributed by atoms with Gasteiger partial charge in [-0.25, -0.2) is 4.39 Å². The van der Waals surface area contributed by atoms with Crippen LogP contribution in [0.2, 0.25) is 0 Å². The maximum atomic E-state index is 12.6. The van der Waals surface area contributed by atoms with Crippen molar-refractivity contribution in [2.75, 3.05) is 7.05 Å². The fraction of sp³-hybridized carbons (Fsp3) is 0.333. The fourth-order valence-electron chi connectivity index (χ4n) is 0.943. The van der Waals surface area contributed by atoms with E-state index >= 15 is 0 Å². The van der Waals surface area contributed by atoms with Crippen LogP contribution >= 0.6 is 12.4 Å². The van der Waals surface area contributed by atoms with Crippen LogP contribution in [-0.4, -0.2) is 7.05 Å². The number of rotatable bonds is 2. The maximum absolute atomic E-state index is 12.6. The van der Waals surface area contributed by atoms with Crippen molar-refractivity contribution in [3.8, 4) is 0 Å². The average Bonchev–Trinajstić information content (AvgIpc) is 2.03. The first-order valence-electron chi connectivity index (χ1n) is 3.67. The topological polar surface area (TPSA) is 12.0 Å². The van der Waals surface area contributed by atoms with E-state index in [1.807, 2.05) is 20.0 Å². The summed E-state index contributed by atoms with van der Waals surface area (Å²) in [4.78, 5) is 0. The van der Waals surface area contributed by atoms with Gasteiger partial charge >= 0.3 is 0 Å². The third-order valence-corrected chi connectivity index (χ3v) is 1.78. The Morgan fingerprint density at radius 2 is 2.08 bits per heavy atom. The highest BCUT2D eigenvalue weighted by atomic mass is 35.5. The van der Waals surface area contributed by atoms with Crippen molar-refractivity contribution in [1.82, 2.24) is 5.32 Å². The Labute approximate surface area is 78.4 Å². The quantitative estimate of drug-likeness (QED) is 0.754. The molecule has 0 bridgehead atoms. The molecule has 0 aliphatic carbocycles. The molecule has 0 fully saturated rings. The molecule has 0 radical (unpaired) electrons. The lowest BCUT2D eigenvalue weighted by molar-refractivity contribution is 0.608. The van der Waals surface area contributed by atoms with Gasteiger partial charge in [0.1, 0.15) is 5.82 Å². The molecule has 1 N–H and O–H groups in total. The summed E-state index contributed by atoms with van der Waals surface area (Å²) in [5.74, 6) is -0.176. The average molecular weight is 190 g/mol. The molecule has 0 spiro atoms. The van der Waals surface area contributed by atoms with Crippen LogP contribution in [-0.2, 0) is 0 Å². The molecule has 0 aliphatic rings. The minimum Gasteiger partial charge on any atom is -0.313 e. The monoisotopic (exact) mass is 189 g/mol. The SMILES string of the molecule is CN[C@@H](C)c1cccc(F)c1.Cl. The summed E-state index contributed by atoms with van der Waals surface area (Å²) in [6, 6.07) is 6.83. The first-order chi connectivity index (χ1) is 5.24. The van der Waals surface area contributed by atoms with E-state index in [2.05, 4.69) is 5.32 Å². The second-order valence-electron chi connectivity index (χ2n) is 2.57. The second-order valence-corrected chi connectivity index (χ2v) is 2.57. The molecule has 3 heteroatoms. The third kappa shape index (κ3) is 2.80. The van der Waals surface area contributed by atoms with Gasteiger partial charge in [-0.1, -0.05) is 12.1 Å². The lowest BCUT2D eigenvalue weighted by Gasteiger charge is -2.09. The van der Waals surface area contributed by atoms with Crippen molar-refractivity contribution in [3.05, 3.63) is 35.6 Å². The van der Waals surface area contributed by atoms with Crippen molar-refractivity contribution in [2.24, 2.45) is 0 Å². The minimum atomic E-state index is -0.176. The minimum absolute atomic E-state index is 0. The van der Waals surface area contributed by atoms with Gasteiger partial charge in [-0.05, 0) is 31.7 Å². The van der Waals surface area contributed by atoms with E-state index in [1.54, 1.807) is 12.1 Å². The predicted octanol–water partition coefficient (Wildman–Crippen LogP) is 2.53. The molecule has 1 nitrogen and oxygen atoms in total. The molecule has 0 saturated carbocycles. The summed E-state index contributed by atoms with van der Waals surface area (Å²) in [5.41, 5.74) is 0.979. The maximum Gasteiger partial charge on any atom is 0.123 e. The summed E-state index contributed by atoms with van der Waals surface area (Å²) in [6.45, 7) is 1.99. The highest BCUT2D eigenvalue weighted by molar-refractivity contribution is 5.85. The van der Waals surface area contributed by atoms with Crippen molar-refractivity contribution >= 4 is 12.4 Å². The van der Waals surface area contributed by atoms with Gasteiger partial charge in [0.25, 0.3) is 0 Å². The van der Waals surface area contributed by atoms with Crippen LogP contribution in [0, 0.1) is 5.82 Å². The zero-order valence-electron chi connectivity index (χ0n) is 7.17. The summed E-state index contributed by atoms with van der Waals surface area (Å²) >= 11 is 0. The molecule has 1 aromatic carbocycles. The largest absolute Gasteiger partial charge is 0.313 e. The molecular formula is C9H13ClFN. The smallest absolute Gasteiger partial charge is 0.123 e. The van der Waals surface area contributed by atoms with E-state index in [0.29, 0.717) is 0 Å². The Morgan fingerprint density at radius 1 is 1.42 bits per heavy atom. The Kier molecular flexibility index (Phi) is 4.86. The number of benzene rings is 1. The lowest BCUT2D eigenvalue weighted by atomic mass is 10.1. The van der Waals surface area contributed by atoms with Crippen molar-refractivity contribution in [2.45, 2.75) is 13.0 Å². The first-order valence-corrected chi connectivity index (χ1v) is 3.67. The van der Waals surface area contributed by atoms with Gasteiger partial charge in [-0.2, -0.15) is 0 Å². The number of hydrogen-bond donors (Lipinski definition) is 1. The molecule has 1 aromatic rings. The number of hydrogen-bond acceptors (Lipinski definition) is 1. The molecule has 0 saturated heterocycles. The highest BCUT2D eigenvalue weighted by Gasteiger charge is 2.01. The normalized spacial score (nSPS) is 11.9. The van der Waals surface area contributed by atoms with Crippen molar-refractivity contribution in [1.29, 1.82) is 0 Å². The van der Waals surface area contributed by atoms with Gasteiger partial charge in [-0.3, -0.25) is 0 Å². The van der Waals surface area contributed by atoms with Gasteiger partial charge in [0.15, 0.2) is 0 Å². The molecular weight excluding hydrogens is 177 g/mol. The molecule has 0 heterocycles. The third-order valence-electron chi connectivity index (χ3n) is 1.78. The highest BCUT2D eigenvalue weighted by Crippen LogP contribution is 2.11. The Balaban J connectivity index is 0.00000121. The van der Waals surface area contributed by atoms with E-state index in [-0.39, 0.29) is 24.3 Å². The van der Waals surface area contributed by atoms with E-state index in [9.17, 15) is 4.39 Å². The van der Waals surface area contributed by atoms with Gasteiger partial charge in [-0.15, -0.1) is 12.4 Å². The van der Waals surface area contributed by atoms with Crippen LogP contribution in [0.5, 0.6) is 0 Å². The van der Waals surface area contributed by atoms with Gasteiger partial charge < -0.3 is 5.32 Å². The summed E-state index contributed by atoms with van der Waals surface area (Å²) in [7, 11) is 1.86. The van der Waals surface area contributed by atoms with E-state index < -0.39 is 0 Å². The predicted molar refractivity (Wildman–Crippen MR) is 51.1 cm³/mol. The van der Waals surface area contributed by atoms with Crippen LogP contribution in [0.25, 0.3) is 0 Å². The fourth-order valence-corrected chi connectivity index (χ4v) is 0.943. The lowest BCUT2D eigenvalue weighted by Crippen LogP contribution is -2.12. The zero-order valence-corrected chi connectivity index (χ0v) is 7.99. The second kappa shape index (κ2) is 5.12. The standard InChI is InChI=1S/C9H12FN.ClH/c1-7(11-2)8-4-3-5-9(10)6-8;/h3-7,11H,1-2H3;1H/t7-;/m0./s1. The van der Waals surface area contributed by atoms with Crippen LogP contribution in [0.3, 0.4) is 0 Å². The van der Waals surface area contributed by atoms with Crippen LogP contribution in [0.1, 0.15) is 18.5 Å². The first kappa shape index (κ1) is 11.4. The van der Waals surface area contributed by atoms with Crippen LogP contribution < -0.4 is 5.32 Å². The molecule has 1 atom stereocenters. The van der Waals surface area contributed by atoms with E-state index in [4.69, 9.17) is 0 Å². The van der Waals surface area contributed by atoms with Crippen molar-refractivity contribution in [3.63, 3.8) is 0 Å². The van der Waals surface area contributed by atoms with E-state index in [0.717, 1.165) is 5.56 Å². The Morgan fingerprint density at radius 3 is 2.58 bits per heavy atom. The number of nitrogens with one attached hydrogen (secondary N) is 1. The van der Waals surface area contributed by atoms with Crippen molar-refractivity contribution < 1.29 is 4.39 Å². The molecule has 0 aliphatic heterocycles. The molecule has 68 valence electrons.